The van der Waals surface area contributed by atoms with Crippen molar-refractivity contribution in [3.05, 3.63) is 116 Å². The minimum atomic E-state index is -0.557. The van der Waals surface area contributed by atoms with Crippen LogP contribution in [0.25, 0.3) is 21.1 Å². The number of rotatable bonds is 7. The standard InChI is InChI=1S/C18H16N6O3S.C18H18N6OS.CH4O/c1-2-16-19-8-11-9-23(10-13(11)20-16)18(25)22-17-14(24(26)27)6-5-12(21-17)15-4-3-7-28-15;1-2-16-20-8-11-9-24(10-14(11)21-16)18(25)23-17-12(19)5-6-13(22-17)15-4-3-7-26-15;1-2/h3-8H,2,9-10H2,1H3,(H,21,22,25);3-8H,2,9-10,19H2,1H3,(H,22,23,25);2H,1H3. The quantitative estimate of drug-likeness (QED) is 0.1000. The first-order valence-electron chi connectivity index (χ1n) is 17.4. The summed E-state index contributed by atoms with van der Waals surface area (Å²) in [6.07, 6.45) is 5.02. The monoisotopic (exact) mass is 794 g/mol. The summed E-state index contributed by atoms with van der Waals surface area (Å²) in [7, 11) is 1.00. The van der Waals surface area contributed by atoms with Gasteiger partial charge in [0.05, 0.1) is 69.3 Å². The fraction of sp³-hybridized carbons (Fsp3) is 0.243. The van der Waals surface area contributed by atoms with Crippen LogP contribution >= 0.6 is 22.7 Å². The topological polar surface area (TPSA) is 231 Å². The second kappa shape index (κ2) is 17.8. The molecule has 2 aliphatic rings. The molecule has 0 aliphatic carbocycles. The Labute approximate surface area is 329 Å². The molecule has 2 aliphatic heterocycles. The molecule has 19 heteroatoms. The molecule has 0 aromatic carbocycles. The molecular formula is C37H38N12O5S2. The third kappa shape index (κ3) is 8.91. The molecule has 288 valence electrons. The molecular weight excluding hydrogens is 757 g/mol. The number of thiophene rings is 2. The smallest absolute Gasteiger partial charge is 0.323 e. The number of hydrogen-bond donors (Lipinski definition) is 4. The van der Waals surface area contributed by atoms with E-state index in [-0.39, 0.29) is 17.5 Å². The maximum absolute atomic E-state index is 12.7. The number of nitrogens with zero attached hydrogens (tertiary/aromatic N) is 9. The van der Waals surface area contributed by atoms with Gasteiger partial charge in [-0.25, -0.2) is 39.5 Å². The molecule has 8 rings (SSSR count). The number of carbonyl (C=O) groups excluding carboxylic acids is 2. The number of pyridine rings is 2. The Balaban J connectivity index is 0.000000182. The molecule has 0 spiro atoms. The van der Waals surface area contributed by atoms with Crippen molar-refractivity contribution in [1.29, 1.82) is 0 Å². The summed E-state index contributed by atoms with van der Waals surface area (Å²) in [6, 6.07) is 13.5. The van der Waals surface area contributed by atoms with E-state index in [0.29, 0.717) is 49.8 Å². The van der Waals surface area contributed by atoms with Crippen LogP contribution in [0.3, 0.4) is 0 Å². The number of amides is 4. The molecule has 0 radical (unpaired) electrons. The molecule has 0 saturated carbocycles. The van der Waals surface area contributed by atoms with E-state index >= 15 is 0 Å². The van der Waals surface area contributed by atoms with Gasteiger partial charge in [-0.1, -0.05) is 26.0 Å². The van der Waals surface area contributed by atoms with E-state index in [9.17, 15) is 19.7 Å². The maximum Gasteiger partial charge on any atom is 0.323 e. The fourth-order valence-corrected chi connectivity index (χ4v) is 7.15. The summed E-state index contributed by atoms with van der Waals surface area (Å²) in [6.45, 7) is 5.60. The SMILES string of the molecule is CCc1ncc2c(n1)CN(C(=O)Nc1nc(-c3cccs3)ccc1N)C2.CCc1ncc2c(n1)CN(C(=O)Nc1nc(-c3cccs3)ccc1[N+](=O)[O-])C2.CO. The summed E-state index contributed by atoms with van der Waals surface area (Å²) < 4.78 is 0. The molecule has 56 heavy (non-hydrogen) atoms. The highest BCUT2D eigenvalue weighted by molar-refractivity contribution is 7.13. The van der Waals surface area contributed by atoms with Gasteiger partial charge in [0.2, 0.25) is 5.82 Å². The summed E-state index contributed by atoms with van der Waals surface area (Å²) in [5, 5.41) is 27.6. The predicted octanol–water partition coefficient (Wildman–Crippen LogP) is 6.52. The molecule has 4 amide bonds. The number of aryl methyl sites for hydroxylation is 2. The number of nitrogens with one attached hydrogen (secondary N) is 2. The lowest BCUT2D eigenvalue weighted by Crippen LogP contribution is -2.31. The predicted molar refractivity (Wildman–Crippen MR) is 214 cm³/mol. The largest absolute Gasteiger partial charge is 0.400 e. The van der Waals surface area contributed by atoms with Crippen molar-refractivity contribution in [2.45, 2.75) is 52.9 Å². The Kier molecular flexibility index (Phi) is 12.5. The van der Waals surface area contributed by atoms with Crippen LogP contribution in [0, 0.1) is 10.1 Å². The molecule has 6 aromatic rings. The summed E-state index contributed by atoms with van der Waals surface area (Å²) in [5.74, 6) is 1.82. The number of anilines is 3. The Bertz CT molecular complexity index is 2340. The molecule has 0 atom stereocenters. The zero-order chi connectivity index (χ0) is 39.8. The van der Waals surface area contributed by atoms with Gasteiger partial charge in [-0.2, -0.15) is 0 Å². The number of nitrogen functional groups attached to an aromatic ring is 1. The van der Waals surface area contributed by atoms with Crippen LogP contribution in [0.1, 0.15) is 48.0 Å². The first-order valence-corrected chi connectivity index (χ1v) is 19.2. The lowest BCUT2D eigenvalue weighted by Gasteiger charge is -2.16. The minimum Gasteiger partial charge on any atom is -0.400 e. The third-order valence-electron chi connectivity index (χ3n) is 8.61. The van der Waals surface area contributed by atoms with Crippen molar-refractivity contribution in [3.8, 4) is 21.1 Å². The molecule has 0 saturated heterocycles. The van der Waals surface area contributed by atoms with Gasteiger partial charge in [0.25, 0.3) is 0 Å². The number of aliphatic hydroxyl groups is 1. The van der Waals surface area contributed by atoms with Gasteiger partial charge < -0.3 is 20.6 Å². The second-order valence-corrected chi connectivity index (χ2v) is 14.1. The Hall–Kier alpha value is -6.44. The average molecular weight is 795 g/mol. The van der Waals surface area contributed by atoms with Crippen LogP contribution in [0.4, 0.5) is 32.6 Å². The Morgan fingerprint density at radius 2 is 1.23 bits per heavy atom. The lowest BCUT2D eigenvalue weighted by atomic mass is 10.3. The van der Waals surface area contributed by atoms with E-state index in [1.807, 2.05) is 54.9 Å². The third-order valence-corrected chi connectivity index (χ3v) is 10.4. The Morgan fingerprint density at radius 1 is 0.750 bits per heavy atom. The van der Waals surface area contributed by atoms with Crippen LogP contribution in [0.5, 0.6) is 0 Å². The number of urea groups is 2. The van der Waals surface area contributed by atoms with Crippen LogP contribution in [-0.4, -0.2) is 68.9 Å². The van der Waals surface area contributed by atoms with Gasteiger partial charge in [0, 0.05) is 49.5 Å². The van der Waals surface area contributed by atoms with Crippen molar-refractivity contribution < 1.29 is 19.6 Å². The number of nitrogens with two attached hydrogens (primary N) is 1. The zero-order valence-electron chi connectivity index (χ0n) is 30.7. The van der Waals surface area contributed by atoms with E-state index in [1.54, 1.807) is 40.8 Å². The van der Waals surface area contributed by atoms with Crippen molar-refractivity contribution in [1.82, 2.24) is 39.7 Å². The summed E-state index contributed by atoms with van der Waals surface area (Å²) >= 11 is 3.06. The molecule has 6 aromatic heterocycles. The van der Waals surface area contributed by atoms with E-state index < -0.39 is 11.0 Å². The number of fused-ring (bicyclic) bond motifs is 2. The van der Waals surface area contributed by atoms with Crippen molar-refractivity contribution in [2.75, 3.05) is 23.5 Å². The lowest BCUT2D eigenvalue weighted by molar-refractivity contribution is -0.384. The normalized spacial score (nSPS) is 12.4. The highest BCUT2D eigenvalue weighted by Gasteiger charge is 2.28. The van der Waals surface area contributed by atoms with Gasteiger partial charge in [0.1, 0.15) is 11.6 Å². The van der Waals surface area contributed by atoms with Crippen LogP contribution < -0.4 is 16.4 Å². The summed E-state index contributed by atoms with van der Waals surface area (Å²) in [5.41, 5.74) is 11.1. The molecule has 0 fully saturated rings. The molecule has 0 bridgehead atoms. The van der Waals surface area contributed by atoms with Gasteiger partial charge in [-0.05, 0) is 41.1 Å². The number of aliphatic hydroxyl groups excluding tert-OH is 1. The number of aromatic nitrogens is 6. The molecule has 8 heterocycles. The van der Waals surface area contributed by atoms with E-state index in [0.717, 1.165) is 63.1 Å². The number of hydrogen-bond acceptors (Lipinski definition) is 14. The van der Waals surface area contributed by atoms with Gasteiger partial charge in [-0.3, -0.25) is 20.7 Å². The fourth-order valence-electron chi connectivity index (χ4n) is 5.76. The summed E-state index contributed by atoms with van der Waals surface area (Å²) in [4.78, 5) is 67.6. The average Bonchev–Trinajstić information content (AvgIpc) is 4.06. The van der Waals surface area contributed by atoms with Crippen LogP contribution in [0.2, 0.25) is 0 Å². The highest BCUT2D eigenvalue weighted by Crippen LogP contribution is 2.31. The van der Waals surface area contributed by atoms with Gasteiger partial charge in [-0.15, -0.1) is 22.7 Å². The minimum absolute atomic E-state index is 0.0720. The van der Waals surface area contributed by atoms with Gasteiger partial charge >= 0.3 is 17.7 Å². The second-order valence-electron chi connectivity index (χ2n) is 12.2. The highest BCUT2D eigenvalue weighted by atomic mass is 32.1. The molecule has 5 N–H and O–H groups in total. The first-order chi connectivity index (χ1) is 27.2. The number of nitro groups is 1. The van der Waals surface area contributed by atoms with E-state index in [1.165, 1.54) is 22.3 Å². The van der Waals surface area contributed by atoms with Crippen molar-refractivity contribution in [3.63, 3.8) is 0 Å². The van der Waals surface area contributed by atoms with Crippen molar-refractivity contribution in [2.24, 2.45) is 0 Å². The van der Waals surface area contributed by atoms with E-state index in [2.05, 4.69) is 40.5 Å². The molecule has 0 unspecified atom stereocenters. The van der Waals surface area contributed by atoms with Gasteiger partial charge in [0.15, 0.2) is 5.82 Å². The number of carbonyl (C=O) groups is 2. The zero-order valence-corrected chi connectivity index (χ0v) is 32.3. The maximum atomic E-state index is 12.7. The van der Waals surface area contributed by atoms with Crippen LogP contribution in [0.15, 0.2) is 71.7 Å². The molecule has 17 nitrogen and oxygen atoms in total. The first kappa shape index (κ1) is 39.3. The Morgan fingerprint density at radius 3 is 1.70 bits per heavy atom. The van der Waals surface area contributed by atoms with Crippen molar-refractivity contribution >= 4 is 57.7 Å². The van der Waals surface area contributed by atoms with E-state index in [4.69, 9.17) is 10.8 Å². The van der Waals surface area contributed by atoms with Crippen LogP contribution in [-0.2, 0) is 39.0 Å².